The van der Waals surface area contributed by atoms with E-state index in [2.05, 4.69) is 16.1 Å². The van der Waals surface area contributed by atoms with Crippen molar-refractivity contribution in [1.82, 2.24) is 9.80 Å². The largest absolute Gasteiger partial charge is 0.378 e. The molecule has 136 valence electrons. The second-order valence-corrected chi connectivity index (χ2v) is 6.92. The van der Waals surface area contributed by atoms with Gasteiger partial charge in [0.1, 0.15) is 6.04 Å². The zero-order chi connectivity index (χ0) is 17.7. The van der Waals surface area contributed by atoms with Crippen LogP contribution in [0.2, 0.25) is 0 Å². The van der Waals surface area contributed by atoms with Crippen molar-refractivity contribution in [3.8, 4) is 12.3 Å². The lowest BCUT2D eigenvalue weighted by atomic mass is 9.98. The lowest BCUT2D eigenvalue weighted by molar-refractivity contribution is -0.150. The highest BCUT2D eigenvalue weighted by Crippen LogP contribution is 2.38. The van der Waals surface area contributed by atoms with Crippen molar-refractivity contribution in [3.05, 3.63) is 0 Å². The van der Waals surface area contributed by atoms with E-state index in [0.717, 1.165) is 19.3 Å². The molecular formula is C18H26N4O3. The molecule has 0 radical (unpaired) electrons. The summed E-state index contributed by atoms with van der Waals surface area (Å²) in [5.74, 6) is 2.70. The third kappa shape index (κ3) is 4.37. The number of hydrogen-bond donors (Lipinski definition) is 0. The van der Waals surface area contributed by atoms with E-state index in [4.69, 9.17) is 11.2 Å². The van der Waals surface area contributed by atoms with Crippen LogP contribution in [0.5, 0.6) is 0 Å². The molecule has 0 saturated carbocycles. The number of terminal acetylenes is 1. The van der Waals surface area contributed by atoms with Crippen LogP contribution < -0.4 is 0 Å². The fourth-order valence-electron chi connectivity index (χ4n) is 3.60. The molecule has 7 nitrogen and oxygen atoms in total. The van der Waals surface area contributed by atoms with E-state index in [1.807, 2.05) is 4.90 Å². The predicted molar refractivity (Wildman–Crippen MR) is 91.6 cm³/mol. The van der Waals surface area contributed by atoms with E-state index in [-0.39, 0.29) is 17.9 Å². The van der Waals surface area contributed by atoms with Gasteiger partial charge in [0.25, 0.3) is 0 Å². The van der Waals surface area contributed by atoms with Crippen LogP contribution in [0.4, 0.5) is 0 Å². The van der Waals surface area contributed by atoms with Crippen molar-refractivity contribution < 1.29 is 14.3 Å². The van der Waals surface area contributed by atoms with Crippen LogP contribution in [0.1, 0.15) is 44.9 Å². The maximum absolute atomic E-state index is 12.8. The summed E-state index contributed by atoms with van der Waals surface area (Å²) in [5.41, 5.74) is -0.443. The van der Waals surface area contributed by atoms with E-state index in [1.54, 1.807) is 4.90 Å². The highest BCUT2D eigenvalue weighted by atomic mass is 16.5. The molecule has 1 unspecified atom stereocenters. The Morgan fingerprint density at radius 1 is 1.16 bits per heavy atom. The molecule has 1 atom stereocenters. The third-order valence-corrected chi connectivity index (χ3v) is 5.22. The fourth-order valence-corrected chi connectivity index (χ4v) is 3.60. The van der Waals surface area contributed by atoms with Crippen molar-refractivity contribution in [2.45, 2.75) is 56.7 Å². The number of rotatable bonds is 6. The molecule has 2 amide bonds. The minimum Gasteiger partial charge on any atom is -0.378 e. The van der Waals surface area contributed by atoms with Crippen LogP contribution in [0, 0.1) is 12.3 Å². The first-order chi connectivity index (χ1) is 12.2. The highest BCUT2D eigenvalue weighted by molar-refractivity contribution is 5.88. The summed E-state index contributed by atoms with van der Waals surface area (Å²) in [4.78, 5) is 29.2. The second kappa shape index (κ2) is 7.96. The van der Waals surface area contributed by atoms with Crippen LogP contribution >= 0.6 is 0 Å². The summed E-state index contributed by atoms with van der Waals surface area (Å²) in [6.07, 6.45) is 10.3. The van der Waals surface area contributed by atoms with Gasteiger partial charge in [0.2, 0.25) is 11.8 Å². The molecule has 2 fully saturated rings. The van der Waals surface area contributed by atoms with Gasteiger partial charge >= 0.3 is 0 Å². The average Bonchev–Trinajstić information content (AvgIpc) is 3.45. The minimum absolute atomic E-state index is 0.0312. The van der Waals surface area contributed by atoms with Crippen LogP contribution in [0.3, 0.4) is 0 Å². The van der Waals surface area contributed by atoms with Crippen molar-refractivity contribution in [3.63, 3.8) is 0 Å². The highest BCUT2D eigenvalue weighted by Gasteiger charge is 2.41. The summed E-state index contributed by atoms with van der Waals surface area (Å²) in [7, 11) is 0. The number of morpholine rings is 1. The lowest BCUT2D eigenvalue weighted by Crippen LogP contribution is -2.55. The van der Waals surface area contributed by atoms with Gasteiger partial charge in [-0.05, 0) is 19.3 Å². The van der Waals surface area contributed by atoms with Crippen molar-refractivity contribution in [2.75, 3.05) is 32.8 Å². The molecule has 0 aromatic carbocycles. The Kier molecular flexibility index (Phi) is 5.69. The second-order valence-electron chi connectivity index (χ2n) is 6.92. The molecule has 0 aliphatic carbocycles. The summed E-state index contributed by atoms with van der Waals surface area (Å²) >= 11 is 0. The molecular weight excluding hydrogens is 320 g/mol. The standard InChI is InChI=1S/C18H26N4O3/c1-2-3-8-18(19-20-18)9-7-16(23)22-10-5-4-6-15(22)17(24)21-11-13-25-14-12-21/h1,15H,3-14H2. The number of nitrogens with zero attached hydrogens (tertiary/aromatic N) is 4. The number of carbonyl (C=O) groups is 2. The molecule has 0 spiro atoms. The summed E-state index contributed by atoms with van der Waals surface area (Å²) in [6.45, 7) is 3.04. The SMILES string of the molecule is C#CCCC1(CCC(=O)N2CCCCC2C(=O)N2CCOCC2)N=N1. The quantitative estimate of drug-likeness (QED) is 0.685. The maximum Gasteiger partial charge on any atom is 0.245 e. The number of hydrogen-bond acceptors (Lipinski definition) is 5. The topological polar surface area (TPSA) is 74.6 Å². The predicted octanol–water partition coefficient (Wildman–Crippen LogP) is 1.58. The first kappa shape index (κ1) is 17.9. The molecule has 0 aromatic heterocycles. The monoisotopic (exact) mass is 346 g/mol. The number of amides is 2. The van der Waals surface area contributed by atoms with Crippen LogP contribution in [-0.4, -0.2) is 66.2 Å². The van der Waals surface area contributed by atoms with Gasteiger partial charge in [-0.3, -0.25) is 9.59 Å². The number of carbonyl (C=O) groups excluding carboxylic acids is 2. The zero-order valence-electron chi connectivity index (χ0n) is 14.7. The van der Waals surface area contributed by atoms with E-state index in [0.29, 0.717) is 58.5 Å². The third-order valence-electron chi connectivity index (χ3n) is 5.22. The Bertz CT molecular complexity index is 571. The van der Waals surface area contributed by atoms with Crippen molar-refractivity contribution in [2.24, 2.45) is 10.2 Å². The van der Waals surface area contributed by atoms with Gasteiger partial charge < -0.3 is 14.5 Å². The van der Waals surface area contributed by atoms with Gasteiger partial charge in [-0.15, -0.1) is 12.3 Å². The Morgan fingerprint density at radius 3 is 2.60 bits per heavy atom. The van der Waals surface area contributed by atoms with Gasteiger partial charge in [0.05, 0.1) is 13.2 Å². The Hall–Kier alpha value is -1.94. The van der Waals surface area contributed by atoms with Crippen molar-refractivity contribution >= 4 is 11.8 Å². The Labute approximate surface area is 148 Å². The molecule has 7 heteroatoms. The fraction of sp³-hybridized carbons (Fsp3) is 0.778. The Balaban J connectivity index is 1.55. The molecule has 3 rings (SSSR count). The number of likely N-dealkylation sites (tertiary alicyclic amines) is 1. The van der Waals surface area contributed by atoms with E-state index < -0.39 is 5.66 Å². The average molecular weight is 346 g/mol. The molecule has 0 bridgehead atoms. The number of ether oxygens (including phenoxy) is 1. The van der Waals surface area contributed by atoms with E-state index in [9.17, 15) is 9.59 Å². The van der Waals surface area contributed by atoms with Gasteiger partial charge in [0, 0.05) is 45.3 Å². The van der Waals surface area contributed by atoms with Crippen molar-refractivity contribution in [1.29, 1.82) is 0 Å². The molecule has 0 N–H and O–H groups in total. The summed E-state index contributed by atoms with van der Waals surface area (Å²) in [5, 5.41) is 8.17. The first-order valence-electron chi connectivity index (χ1n) is 9.19. The van der Waals surface area contributed by atoms with Crippen LogP contribution in [0.15, 0.2) is 10.2 Å². The summed E-state index contributed by atoms with van der Waals surface area (Å²) in [6, 6.07) is -0.325. The first-order valence-corrected chi connectivity index (χ1v) is 9.19. The molecule has 25 heavy (non-hydrogen) atoms. The van der Waals surface area contributed by atoms with E-state index in [1.165, 1.54) is 0 Å². The molecule has 3 aliphatic heterocycles. The minimum atomic E-state index is -0.443. The molecule has 3 aliphatic rings. The molecule has 3 heterocycles. The van der Waals surface area contributed by atoms with Crippen LogP contribution in [-0.2, 0) is 14.3 Å². The normalized spacial score (nSPS) is 24.7. The molecule has 0 aromatic rings. The maximum atomic E-state index is 12.8. The number of piperidine rings is 1. The van der Waals surface area contributed by atoms with Gasteiger partial charge in [-0.1, -0.05) is 0 Å². The van der Waals surface area contributed by atoms with Gasteiger partial charge in [-0.25, -0.2) is 0 Å². The van der Waals surface area contributed by atoms with Gasteiger partial charge in [-0.2, -0.15) is 10.2 Å². The summed E-state index contributed by atoms with van der Waals surface area (Å²) < 4.78 is 5.32. The van der Waals surface area contributed by atoms with Crippen LogP contribution in [0.25, 0.3) is 0 Å². The smallest absolute Gasteiger partial charge is 0.245 e. The van der Waals surface area contributed by atoms with E-state index >= 15 is 0 Å². The lowest BCUT2D eigenvalue weighted by Gasteiger charge is -2.39. The van der Waals surface area contributed by atoms with Gasteiger partial charge in [0.15, 0.2) is 5.66 Å². The zero-order valence-corrected chi connectivity index (χ0v) is 14.7. The Morgan fingerprint density at radius 2 is 1.92 bits per heavy atom. The molecule has 2 saturated heterocycles.